The number of carbonyl (C=O) groups excluding carboxylic acids is 1. The maximum Gasteiger partial charge on any atom is 0.254 e. The molecule has 1 aromatic heterocycles. The van der Waals surface area contributed by atoms with E-state index in [0.717, 1.165) is 28.4 Å². The molecule has 0 atom stereocenters. The number of anilines is 1. The Bertz CT molecular complexity index is 1020. The lowest BCUT2D eigenvalue weighted by Gasteiger charge is -2.34. The lowest BCUT2D eigenvalue weighted by molar-refractivity contribution is 0.0746. The van der Waals surface area contributed by atoms with E-state index in [0.29, 0.717) is 29.2 Å². The highest BCUT2D eigenvalue weighted by molar-refractivity contribution is 7.22. The zero-order valence-electron chi connectivity index (χ0n) is 13.9. The fourth-order valence-corrected chi connectivity index (χ4v) is 4.32. The first kappa shape index (κ1) is 16.8. The van der Waals surface area contributed by atoms with Gasteiger partial charge in [-0.15, -0.1) is 0 Å². The van der Waals surface area contributed by atoms with Gasteiger partial charge in [-0.1, -0.05) is 29.0 Å². The molecule has 5 nitrogen and oxygen atoms in total. The summed E-state index contributed by atoms with van der Waals surface area (Å²) in [6.07, 6.45) is 0. The first-order chi connectivity index (χ1) is 12.6. The van der Waals surface area contributed by atoms with Crippen molar-refractivity contribution in [2.45, 2.75) is 0 Å². The van der Waals surface area contributed by atoms with E-state index >= 15 is 0 Å². The van der Waals surface area contributed by atoms with E-state index in [1.807, 2.05) is 23.1 Å². The van der Waals surface area contributed by atoms with Gasteiger partial charge in [0.15, 0.2) is 5.13 Å². The average Bonchev–Trinajstić information content (AvgIpc) is 3.10. The average molecular weight is 383 g/mol. The van der Waals surface area contributed by atoms with Crippen LogP contribution >= 0.6 is 22.9 Å². The number of fused-ring (bicyclic) bond motifs is 1. The van der Waals surface area contributed by atoms with E-state index in [1.165, 1.54) is 0 Å². The minimum Gasteiger partial charge on any atom is -0.345 e. The number of rotatable bonds is 2. The monoisotopic (exact) mass is 382 g/mol. The molecule has 0 bridgehead atoms. The number of hydrogen-bond acceptors (Lipinski definition) is 5. The number of thiazole rings is 1. The number of carbonyl (C=O) groups is 1. The van der Waals surface area contributed by atoms with Gasteiger partial charge < -0.3 is 9.80 Å². The molecule has 1 aliphatic heterocycles. The Labute approximate surface area is 160 Å². The second-order valence-electron chi connectivity index (χ2n) is 6.08. The van der Waals surface area contributed by atoms with Crippen molar-refractivity contribution in [1.29, 1.82) is 5.26 Å². The van der Waals surface area contributed by atoms with Gasteiger partial charge in [0.25, 0.3) is 5.91 Å². The van der Waals surface area contributed by atoms with Gasteiger partial charge >= 0.3 is 0 Å². The van der Waals surface area contributed by atoms with Crippen LogP contribution in [0.4, 0.5) is 5.13 Å². The Kier molecular flexibility index (Phi) is 4.49. The molecule has 0 unspecified atom stereocenters. The Hall–Kier alpha value is -2.62. The topological polar surface area (TPSA) is 60.2 Å². The molecule has 2 heterocycles. The molecule has 26 heavy (non-hydrogen) atoms. The summed E-state index contributed by atoms with van der Waals surface area (Å²) in [4.78, 5) is 21.4. The number of benzene rings is 2. The molecule has 0 saturated carbocycles. The van der Waals surface area contributed by atoms with Crippen molar-refractivity contribution in [2.75, 3.05) is 31.1 Å². The fourth-order valence-electron chi connectivity index (χ4n) is 3.03. The van der Waals surface area contributed by atoms with Gasteiger partial charge in [0, 0.05) is 36.8 Å². The Balaban J connectivity index is 1.46. The third-order valence-corrected chi connectivity index (χ3v) is 5.73. The molecule has 0 N–H and O–H groups in total. The van der Waals surface area contributed by atoms with Crippen LogP contribution in [-0.2, 0) is 0 Å². The maximum absolute atomic E-state index is 12.7. The predicted molar refractivity (Wildman–Crippen MR) is 104 cm³/mol. The number of halogens is 1. The highest BCUT2D eigenvalue weighted by atomic mass is 35.5. The second-order valence-corrected chi connectivity index (χ2v) is 7.53. The molecular formula is C19H15ClN4OS. The highest BCUT2D eigenvalue weighted by Gasteiger charge is 2.24. The fraction of sp³-hybridized carbons (Fsp3) is 0.211. The van der Waals surface area contributed by atoms with Gasteiger partial charge in [0.2, 0.25) is 0 Å². The molecule has 1 aliphatic rings. The van der Waals surface area contributed by atoms with E-state index in [-0.39, 0.29) is 5.91 Å². The smallest absolute Gasteiger partial charge is 0.254 e. The van der Waals surface area contributed by atoms with Gasteiger partial charge in [-0.25, -0.2) is 4.98 Å². The Morgan fingerprint density at radius 1 is 1.15 bits per heavy atom. The lowest BCUT2D eigenvalue weighted by atomic mass is 10.1. The molecule has 3 aromatic rings. The molecule has 0 radical (unpaired) electrons. The molecule has 2 aromatic carbocycles. The van der Waals surface area contributed by atoms with E-state index in [2.05, 4.69) is 16.0 Å². The minimum absolute atomic E-state index is 0.0298. The summed E-state index contributed by atoms with van der Waals surface area (Å²) in [7, 11) is 0. The van der Waals surface area contributed by atoms with Crippen molar-refractivity contribution >= 4 is 44.2 Å². The standard InChI is InChI=1S/C19H15ClN4OS/c20-15-4-5-16-17(11-15)26-19(22-16)24-8-6-23(7-9-24)18(25)14-3-1-2-13(10-14)12-21/h1-5,10-11H,6-9H2. The summed E-state index contributed by atoms with van der Waals surface area (Å²) in [5.41, 5.74) is 2.01. The number of aromatic nitrogens is 1. The normalized spacial score (nSPS) is 14.5. The number of amides is 1. The van der Waals surface area contributed by atoms with Crippen LogP contribution in [0.15, 0.2) is 42.5 Å². The van der Waals surface area contributed by atoms with Crippen molar-refractivity contribution in [3.63, 3.8) is 0 Å². The van der Waals surface area contributed by atoms with Crippen LogP contribution in [0.1, 0.15) is 15.9 Å². The van der Waals surface area contributed by atoms with Crippen LogP contribution in [0.3, 0.4) is 0 Å². The molecule has 1 saturated heterocycles. The van der Waals surface area contributed by atoms with Gasteiger partial charge in [-0.05, 0) is 36.4 Å². The van der Waals surface area contributed by atoms with Gasteiger partial charge in [0.1, 0.15) is 0 Å². The molecule has 7 heteroatoms. The van der Waals surface area contributed by atoms with Crippen LogP contribution in [0.5, 0.6) is 0 Å². The molecule has 0 spiro atoms. The zero-order chi connectivity index (χ0) is 18.1. The van der Waals surface area contributed by atoms with Crippen LogP contribution in [0.2, 0.25) is 5.02 Å². The minimum atomic E-state index is -0.0298. The SMILES string of the molecule is N#Cc1cccc(C(=O)N2CCN(c3nc4ccc(Cl)cc4s3)CC2)c1. The molecule has 0 aliphatic carbocycles. The van der Waals surface area contributed by atoms with Crippen molar-refractivity contribution in [1.82, 2.24) is 9.88 Å². The van der Waals surface area contributed by atoms with E-state index in [9.17, 15) is 4.79 Å². The molecule has 1 fully saturated rings. The van der Waals surface area contributed by atoms with Gasteiger partial charge in [-0.2, -0.15) is 5.26 Å². The number of piperazine rings is 1. The summed E-state index contributed by atoms with van der Waals surface area (Å²) < 4.78 is 1.07. The van der Waals surface area contributed by atoms with E-state index in [4.69, 9.17) is 16.9 Å². The summed E-state index contributed by atoms with van der Waals surface area (Å²) >= 11 is 7.67. The maximum atomic E-state index is 12.7. The highest BCUT2D eigenvalue weighted by Crippen LogP contribution is 2.31. The third kappa shape index (κ3) is 3.24. The summed E-state index contributed by atoms with van der Waals surface area (Å²) in [6.45, 7) is 2.73. The molecular weight excluding hydrogens is 368 g/mol. The predicted octanol–water partition coefficient (Wildman–Crippen LogP) is 3.78. The van der Waals surface area contributed by atoms with Crippen molar-refractivity contribution in [2.24, 2.45) is 0 Å². The number of hydrogen-bond donors (Lipinski definition) is 0. The van der Waals surface area contributed by atoms with Gasteiger partial charge in [0.05, 0.1) is 21.8 Å². The zero-order valence-corrected chi connectivity index (χ0v) is 15.4. The summed E-state index contributed by atoms with van der Waals surface area (Å²) in [5.74, 6) is -0.0298. The van der Waals surface area contributed by atoms with Gasteiger partial charge in [-0.3, -0.25) is 4.79 Å². The first-order valence-corrected chi connectivity index (χ1v) is 9.44. The Morgan fingerprint density at radius 2 is 1.96 bits per heavy atom. The number of nitriles is 1. The van der Waals surface area contributed by atoms with Crippen LogP contribution in [-0.4, -0.2) is 42.0 Å². The number of nitrogens with zero attached hydrogens (tertiary/aromatic N) is 4. The molecule has 130 valence electrons. The van der Waals surface area contributed by atoms with Crippen molar-refractivity contribution in [3.8, 4) is 6.07 Å². The van der Waals surface area contributed by atoms with E-state index < -0.39 is 0 Å². The Morgan fingerprint density at radius 3 is 2.73 bits per heavy atom. The third-order valence-electron chi connectivity index (χ3n) is 4.42. The molecule has 1 amide bonds. The second kappa shape index (κ2) is 6.94. The van der Waals surface area contributed by atoms with E-state index in [1.54, 1.807) is 35.6 Å². The van der Waals surface area contributed by atoms with Crippen molar-refractivity contribution < 1.29 is 4.79 Å². The summed E-state index contributed by atoms with van der Waals surface area (Å²) in [5, 5.41) is 10.7. The van der Waals surface area contributed by atoms with Crippen molar-refractivity contribution in [3.05, 3.63) is 58.6 Å². The first-order valence-electron chi connectivity index (χ1n) is 8.24. The quantitative estimate of drug-likeness (QED) is 0.676. The van der Waals surface area contributed by atoms with Crippen LogP contribution < -0.4 is 4.90 Å². The van der Waals surface area contributed by atoms with Crippen LogP contribution in [0.25, 0.3) is 10.2 Å². The largest absolute Gasteiger partial charge is 0.345 e. The molecule has 4 rings (SSSR count). The van der Waals surface area contributed by atoms with Crippen LogP contribution in [0, 0.1) is 11.3 Å². The summed E-state index contributed by atoms with van der Waals surface area (Å²) in [6, 6.07) is 14.6. The lowest BCUT2D eigenvalue weighted by Crippen LogP contribution is -2.48.